The molecule has 2 amide bonds. The number of hydrogen-bond donors (Lipinski definition) is 1. The summed E-state index contributed by atoms with van der Waals surface area (Å²) in [6.07, 6.45) is 0.550. The zero-order valence-electron chi connectivity index (χ0n) is 18.4. The minimum absolute atomic E-state index is 0.0244. The fourth-order valence-corrected chi connectivity index (χ4v) is 5.14. The smallest absolute Gasteiger partial charge is 0.262 e. The van der Waals surface area contributed by atoms with Crippen LogP contribution in [0.2, 0.25) is 5.02 Å². The van der Waals surface area contributed by atoms with Crippen LogP contribution < -0.4 is 5.32 Å². The Morgan fingerprint density at radius 3 is 2.49 bits per heavy atom. The Hall–Kier alpha value is -3.49. The SMILES string of the molecule is O=C(C[C@@H]1SC(N2N=C(c3ccccc3)C[C@@H]2c2ccc(F)cc2)=NC1=O)Nc1ccc(Cl)cc1. The third kappa shape index (κ3) is 5.28. The summed E-state index contributed by atoms with van der Waals surface area (Å²) < 4.78 is 13.6. The Morgan fingerprint density at radius 2 is 1.77 bits per heavy atom. The first-order chi connectivity index (χ1) is 17.0. The highest BCUT2D eigenvalue weighted by molar-refractivity contribution is 8.15. The van der Waals surface area contributed by atoms with Crippen molar-refractivity contribution in [1.82, 2.24) is 5.01 Å². The van der Waals surface area contributed by atoms with Crippen LogP contribution >= 0.6 is 23.4 Å². The Balaban J connectivity index is 1.34. The second-order valence-electron chi connectivity index (χ2n) is 8.13. The van der Waals surface area contributed by atoms with Gasteiger partial charge in [-0.2, -0.15) is 10.1 Å². The van der Waals surface area contributed by atoms with E-state index in [1.807, 2.05) is 30.3 Å². The number of aliphatic imine (C=N–C) groups is 1. The quantitative estimate of drug-likeness (QED) is 0.484. The van der Waals surface area contributed by atoms with Crippen molar-refractivity contribution in [2.45, 2.75) is 24.1 Å². The number of carbonyl (C=O) groups is 2. The van der Waals surface area contributed by atoms with Gasteiger partial charge in [-0.25, -0.2) is 9.40 Å². The second-order valence-corrected chi connectivity index (χ2v) is 9.73. The van der Waals surface area contributed by atoms with Gasteiger partial charge in [0.15, 0.2) is 5.17 Å². The van der Waals surface area contributed by atoms with Crippen molar-refractivity contribution >= 4 is 51.7 Å². The maximum atomic E-state index is 13.6. The summed E-state index contributed by atoms with van der Waals surface area (Å²) in [5.41, 5.74) is 3.28. The fourth-order valence-electron chi connectivity index (χ4n) is 3.95. The molecule has 9 heteroatoms. The maximum absolute atomic E-state index is 13.6. The number of amides is 2. The summed E-state index contributed by atoms with van der Waals surface area (Å²) in [7, 11) is 0. The van der Waals surface area contributed by atoms with Crippen LogP contribution in [0.5, 0.6) is 0 Å². The highest BCUT2D eigenvalue weighted by Crippen LogP contribution is 2.38. The number of halogens is 2. The molecule has 3 aromatic rings. The van der Waals surface area contributed by atoms with Gasteiger partial charge in [-0.15, -0.1) is 0 Å². The average Bonchev–Trinajstić information content (AvgIpc) is 3.46. The fraction of sp³-hybridized carbons (Fsp3) is 0.154. The first kappa shape index (κ1) is 23.3. The summed E-state index contributed by atoms with van der Waals surface area (Å²) in [6, 6.07) is 22.5. The second kappa shape index (κ2) is 10.0. The molecule has 0 aromatic heterocycles. The summed E-state index contributed by atoms with van der Waals surface area (Å²) in [4.78, 5) is 29.5. The van der Waals surface area contributed by atoms with E-state index >= 15 is 0 Å². The molecule has 3 aromatic carbocycles. The van der Waals surface area contributed by atoms with E-state index in [9.17, 15) is 14.0 Å². The number of hydrogen-bond acceptors (Lipinski definition) is 5. The van der Waals surface area contributed by atoms with Gasteiger partial charge in [-0.1, -0.05) is 65.8 Å². The highest BCUT2D eigenvalue weighted by atomic mass is 35.5. The van der Waals surface area contributed by atoms with Crippen LogP contribution in [-0.2, 0) is 9.59 Å². The zero-order chi connectivity index (χ0) is 24.4. The summed E-state index contributed by atoms with van der Waals surface area (Å²) in [5, 5.41) is 9.63. The highest BCUT2D eigenvalue weighted by Gasteiger charge is 2.39. The monoisotopic (exact) mass is 506 g/mol. The Morgan fingerprint density at radius 1 is 1.06 bits per heavy atom. The van der Waals surface area contributed by atoms with Crippen LogP contribution in [0.4, 0.5) is 10.1 Å². The molecule has 0 radical (unpaired) electrons. The van der Waals surface area contributed by atoms with E-state index in [0.717, 1.165) is 16.8 Å². The van der Waals surface area contributed by atoms with E-state index < -0.39 is 5.25 Å². The molecule has 2 atom stereocenters. The van der Waals surface area contributed by atoms with Crippen molar-refractivity contribution in [3.05, 3.63) is 101 Å². The van der Waals surface area contributed by atoms with Gasteiger partial charge in [-0.3, -0.25) is 9.59 Å². The van der Waals surface area contributed by atoms with Crippen molar-refractivity contribution in [1.29, 1.82) is 0 Å². The molecule has 0 saturated heterocycles. The predicted molar refractivity (Wildman–Crippen MR) is 137 cm³/mol. The van der Waals surface area contributed by atoms with E-state index in [-0.39, 0.29) is 30.1 Å². The molecule has 0 bridgehead atoms. The van der Waals surface area contributed by atoms with Crippen LogP contribution in [0, 0.1) is 5.82 Å². The van der Waals surface area contributed by atoms with Crippen molar-refractivity contribution in [3.8, 4) is 0 Å². The largest absolute Gasteiger partial charge is 0.326 e. The first-order valence-electron chi connectivity index (χ1n) is 11.0. The number of nitrogens with one attached hydrogen (secondary N) is 1. The summed E-state index contributed by atoms with van der Waals surface area (Å²) in [6.45, 7) is 0. The number of anilines is 1. The number of amidine groups is 1. The molecule has 0 fully saturated rings. The minimum atomic E-state index is -0.651. The van der Waals surface area contributed by atoms with Gasteiger partial charge in [0, 0.05) is 23.6 Å². The number of hydrazone groups is 1. The van der Waals surface area contributed by atoms with Gasteiger partial charge in [0.25, 0.3) is 5.91 Å². The zero-order valence-corrected chi connectivity index (χ0v) is 20.0. The van der Waals surface area contributed by atoms with Gasteiger partial charge in [-0.05, 0) is 47.5 Å². The molecule has 1 N–H and O–H groups in total. The molecule has 176 valence electrons. The summed E-state index contributed by atoms with van der Waals surface area (Å²) in [5.74, 6) is -0.992. The molecular weight excluding hydrogens is 487 g/mol. The van der Waals surface area contributed by atoms with E-state index in [0.29, 0.717) is 22.3 Å². The lowest BCUT2D eigenvalue weighted by atomic mass is 9.99. The van der Waals surface area contributed by atoms with E-state index in [4.69, 9.17) is 16.7 Å². The molecule has 5 rings (SSSR count). The maximum Gasteiger partial charge on any atom is 0.262 e. The van der Waals surface area contributed by atoms with Crippen molar-refractivity contribution in [2.75, 3.05) is 5.32 Å². The average molecular weight is 507 g/mol. The Kier molecular flexibility index (Phi) is 6.66. The molecule has 0 aliphatic carbocycles. The number of rotatable bonds is 5. The molecule has 0 spiro atoms. The van der Waals surface area contributed by atoms with Crippen LogP contribution in [0.3, 0.4) is 0 Å². The molecule has 2 aliphatic rings. The van der Waals surface area contributed by atoms with Gasteiger partial charge in [0.1, 0.15) is 11.1 Å². The molecule has 2 heterocycles. The first-order valence-corrected chi connectivity index (χ1v) is 12.2. The van der Waals surface area contributed by atoms with Crippen molar-refractivity contribution < 1.29 is 14.0 Å². The van der Waals surface area contributed by atoms with E-state index in [2.05, 4.69) is 10.3 Å². The molecule has 6 nitrogen and oxygen atoms in total. The van der Waals surface area contributed by atoms with E-state index in [1.54, 1.807) is 41.4 Å². The Labute approximate surface area is 210 Å². The molecule has 0 unspecified atom stereocenters. The molecule has 35 heavy (non-hydrogen) atoms. The predicted octanol–water partition coefficient (Wildman–Crippen LogP) is 5.66. The van der Waals surface area contributed by atoms with Crippen LogP contribution in [0.15, 0.2) is 89.0 Å². The standard InChI is InChI=1S/C26H20ClFN4O2S/c27-18-8-12-20(13-9-18)29-24(33)15-23-25(34)30-26(35-23)32-22(17-6-10-19(28)11-7-17)14-21(31-32)16-4-2-1-3-5-16/h1-13,22-23H,14-15H2,(H,29,33)/t22-,23+/m1/s1. The van der Waals surface area contributed by atoms with Gasteiger partial charge in [0.2, 0.25) is 5.91 Å². The number of nitrogens with zero attached hydrogens (tertiary/aromatic N) is 3. The minimum Gasteiger partial charge on any atom is -0.326 e. The number of thioether (sulfide) groups is 1. The van der Waals surface area contributed by atoms with Crippen LogP contribution in [-0.4, -0.2) is 33.0 Å². The van der Waals surface area contributed by atoms with Gasteiger partial charge < -0.3 is 5.32 Å². The van der Waals surface area contributed by atoms with Gasteiger partial charge in [0.05, 0.1) is 11.8 Å². The van der Waals surface area contributed by atoms with Crippen LogP contribution in [0.25, 0.3) is 0 Å². The lowest BCUT2D eigenvalue weighted by Gasteiger charge is -2.23. The number of benzene rings is 3. The van der Waals surface area contributed by atoms with Crippen molar-refractivity contribution in [2.24, 2.45) is 10.1 Å². The third-order valence-electron chi connectivity index (χ3n) is 5.70. The summed E-state index contributed by atoms with van der Waals surface area (Å²) >= 11 is 7.11. The molecular formula is C26H20ClFN4O2S. The Bertz CT molecular complexity index is 1310. The number of carbonyl (C=O) groups excluding carboxylic acids is 2. The lowest BCUT2D eigenvalue weighted by molar-refractivity contribution is -0.121. The van der Waals surface area contributed by atoms with Crippen molar-refractivity contribution in [3.63, 3.8) is 0 Å². The molecule has 2 aliphatic heterocycles. The molecule has 0 saturated carbocycles. The lowest BCUT2D eigenvalue weighted by Crippen LogP contribution is -2.25. The van der Waals surface area contributed by atoms with Gasteiger partial charge >= 0.3 is 0 Å². The van der Waals surface area contributed by atoms with Crippen LogP contribution in [0.1, 0.15) is 30.0 Å². The van der Waals surface area contributed by atoms with E-state index in [1.165, 1.54) is 23.9 Å². The third-order valence-corrected chi connectivity index (χ3v) is 7.09. The topological polar surface area (TPSA) is 74.1 Å². The normalized spacial score (nSPS) is 19.5.